The van der Waals surface area contributed by atoms with Crippen LogP contribution in [0.2, 0.25) is 0 Å². The number of phenols is 1. The number of ether oxygens (including phenoxy) is 1. The summed E-state index contributed by atoms with van der Waals surface area (Å²) in [4.78, 5) is 24.1. The summed E-state index contributed by atoms with van der Waals surface area (Å²) < 4.78 is 18.6. The van der Waals surface area contributed by atoms with Crippen molar-refractivity contribution < 1.29 is 19.0 Å². The van der Waals surface area contributed by atoms with Gasteiger partial charge in [-0.25, -0.2) is 9.37 Å². The molecule has 1 amide bonds. The molecule has 4 rings (SSSR count). The molecule has 2 heterocycles. The molecule has 8 heteroatoms. The number of aromatic nitrogens is 1. The Morgan fingerprint density at radius 3 is 2.12 bits per heavy atom. The van der Waals surface area contributed by atoms with Crippen LogP contribution in [0.3, 0.4) is 0 Å². The first-order chi connectivity index (χ1) is 19.4. The number of pyridine rings is 1. The molecule has 216 valence electrons. The number of benzene rings is 2. The minimum absolute atomic E-state index is 0.0911. The predicted molar refractivity (Wildman–Crippen MR) is 160 cm³/mol. The van der Waals surface area contributed by atoms with E-state index in [-0.39, 0.29) is 17.5 Å². The second kappa shape index (κ2) is 16.6. The molecule has 0 bridgehead atoms. The molecule has 40 heavy (non-hydrogen) atoms. The van der Waals surface area contributed by atoms with Crippen molar-refractivity contribution in [2.24, 2.45) is 0 Å². The smallest absolute Gasteiger partial charge is 0.258 e. The standard InChI is InChI=1S/C25H28FN3O2.C7H15NO/c1-3-15-28(16-4-2)24-14-5-19(17-27-24)18-29(22-10-8-21(26)9-11-22)25(31)20-6-12-23(30)13-7-20;1-2-3-8-4-6-9-7-5-8/h5-14,17,30H,3-4,15-16,18H2,1-2H3;2-7H2,1H3. The Hall–Kier alpha value is -3.49. The molecular weight excluding hydrogens is 507 g/mol. The van der Waals surface area contributed by atoms with E-state index >= 15 is 0 Å². The van der Waals surface area contributed by atoms with Crippen molar-refractivity contribution >= 4 is 17.4 Å². The number of hydrogen-bond acceptors (Lipinski definition) is 6. The lowest BCUT2D eigenvalue weighted by molar-refractivity contribution is 0.0380. The molecule has 0 aliphatic carbocycles. The zero-order valence-electron chi connectivity index (χ0n) is 24.1. The van der Waals surface area contributed by atoms with Gasteiger partial charge in [0.25, 0.3) is 5.91 Å². The molecule has 1 aliphatic heterocycles. The number of phenolic OH excluding ortho intramolecular Hbond substituents is 1. The first kappa shape index (κ1) is 31.0. The second-order valence-electron chi connectivity index (χ2n) is 9.88. The van der Waals surface area contributed by atoms with Gasteiger partial charge in [0.2, 0.25) is 0 Å². The van der Waals surface area contributed by atoms with Crippen LogP contribution in [0.15, 0.2) is 66.9 Å². The van der Waals surface area contributed by atoms with Crippen molar-refractivity contribution in [1.82, 2.24) is 9.88 Å². The summed E-state index contributed by atoms with van der Waals surface area (Å²) in [5.41, 5.74) is 1.89. The Labute approximate surface area is 238 Å². The Bertz CT molecular complexity index is 1130. The highest BCUT2D eigenvalue weighted by Gasteiger charge is 2.19. The average molecular weight is 551 g/mol. The van der Waals surface area contributed by atoms with E-state index < -0.39 is 0 Å². The van der Waals surface area contributed by atoms with Crippen LogP contribution in [0.1, 0.15) is 56.0 Å². The first-order valence-corrected chi connectivity index (χ1v) is 14.3. The van der Waals surface area contributed by atoms with E-state index in [9.17, 15) is 14.3 Å². The molecule has 0 radical (unpaired) electrons. The average Bonchev–Trinajstić information content (AvgIpc) is 2.98. The van der Waals surface area contributed by atoms with Gasteiger partial charge in [0.05, 0.1) is 19.8 Å². The summed E-state index contributed by atoms with van der Waals surface area (Å²) in [5.74, 6) is 0.409. The van der Waals surface area contributed by atoms with Gasteiger partial charge < -0.3 is 19.6 Å². The summed E-state index contributed by atoms with van der Waals surface area (Å²) >= 11 is 0. The molecule has 0 atom stereocenters. The van der Waals surface area contributed by atoms with Gasteiger partial charge in [0, 0.05) is 43.6 Å². The summed E-state index contributed by atoms with van der Waals surface area (Å²) in [6, 6.07) is 15.9. The lowest BCUT2D eigenvalue weighted by atomic mass is 10.1. The van der Waals surface area contributed by atoms with Gasteiger partial charge in [-0.3, -0.25) is 9.69 Å². The molecule has 1 N–H and O–H groups in total. The van der Waals surface area contributed by atoms with Crippen molar-refractivity contribution in [3.8, 4) is 5.75 Å². The summed E-state index contributed by atoms with van der Waals surface area (Å²) in [6.45, 7) is 14.1. The van der Waals surface area contributed by atoms with Crippen LogP contribution in [-0.4, -0.2) is 66.8 Å². The predicted octanol–water partition coefficient (Wildman–Crippen LogP) is 6.13. The van der Waals surface area contributed by atoms with Crippen molar-refractivity contribution in [2.75, 3.05) is 55.7 Å². The fourth-order valence-electron chi connectivity index (χ4n) is 4.56. The van der Waals surface area contributed by atoms with E-state index in [1.807, 2.05) is 12.1 Å². The van der Waals surface area contributed by atoms with E-state index in [0.29, 0.717) is 17.8 Å². The highest BCUT2D eigenvalue weighted by molar-refractivity contribution is 6.06. The van der Waals surface area contributed by atoms with E-state index in [0.717, 1.165) is 63.6 Å². The van der Waals surface area contributed by atoms with Crippen molar-refractivity contribution in [1.29, 1.82) is 0 Å². The number of halogens is 1. The molecule has 1 aromatic heterocycles. The number of anilines is 2. The molecule has 1 saturated heterocycles. The monoisotopic (exact) mass is 550 g/mol. The number of carbonyl (C=O) groups is 1. The minimum Gasteiger partial charge on any atom is -0.508 e. The van der Waals surface area contributed by atoms with Crippen LogP contribution in [0.5, 0.6) is 5.75 Å². The molecular formula is C32H43FN4O3. The zero-order chi connectivity index (χ0) is 28.7. The molecule has 0 saturated carbocycles. The van der Waals surface area contributed by atoms with Crippen LogP contribution in [-0.2, 0) is 11.3 Å². The third-order valence-corrected chi connectivity index (χ3v) is 6.60. The van der Waals surface area contributed by atoms with E-state index in [1.165, 1.54) is 37.2 Å². The Balaban J connectivity index is 0.000000415. The van der Waals surface area contributed by atoms with Crippen molar-refractivity contribution in [2.45, 2.75) is 46.6 Å². The SMILES string of the molecule is CCCN(CCC)c1ccc(CN(C(=O)c2ccc(O)cc2)c2ccc(F)cc2)cn1.CCCN1CCOCC1. The normalized spacial score (nSPS) is 13.3. The van der Waals surface area contributed by atoms with Gasteiger partial charge in [-0.2, -0.15) is 0 Å². The highest BCUT2D eigenvalue weighted by Crippen LogP contribution is 2.23. The van der Waals surface area contributed by atoms with Crippen molar-refractivity contribution in [3.05, 3.63) is 83.8 Å². The molecule has 7 nitrogen and oxygen atoms in total. The lowest BCUT2D eigenvalue weighted by Gasteiger charge is -2.25. The number of morpholine rings is 1. The van der Waals surface area contributed by atoms with Crippen LogP contribution < -0.4 is 9.80 Å². The fourth-order valence-corrected chi connectivity index (χ4v) is 4.56. The zero-order valence-corrected chi connectivity index (χ0v) is 24.1. The third-order valence-electron chi connectivity index (χ3n) is 6.60. The number of amides is 1. The fraction of sp³-hybridized carbons (Fsp3) is 0.438. The summed E-state index contributed by atoms with van der Waals surface area (Å²) in [6.07, 6.45) is 5.14. The minimum atomic E-state index is -0.362. The van der Waals surface area contributed by atoms with E-state index in [1.54, 1.807) is 35.4 Å². The first-order valence-electron chi connectivity index (χ1n) is 14.3. The molecule has 3 aromatic rings. The van der Waals surface area contributed by atoms with Gasteiger partial charge >= 0.3 is 0 Å². The second-order valence-corrected chi connectivity index (χ2v) is 9.88. The van der Waals surface area contributed by atoms with Gasteiger partial charge in [-0.15, -0.1) is 0 Å². The number of rotatable bonds is 11. The van der Waals surface area contributed by atoms with E-state index in [2.05, 4.69) is 35.6 Å². The van der Waals surface area contributed by atoms with Crippen LogP contribution in [0.25, 0.3) is 0 Å². The number of nitrogens with zero attached hydrogens (tertiary/aromatic N) is 4. The molecule has 1 fully saturated rings. The third kappa shape index (κ3) is 9.61. The maximum atomic E-state index is 13.4. The van der Waals surface area contributed by atoms with Gasteiger partial charge in [-0.05, 0) is 86.0 Å². The van der Waals surface area contributed by atoms with Crippen molar-refractivity contribution in [3.63, 3.8) is 0 Å². The topological polar surface area (TPSA) is 69.1 Å². The molecule has 2 aromatic carbocycles. The Morgan fingerprint density at radius 1 is 0.925 bits per heavy atom. The Kier molecular flexibility index (Phi) is 12.9. The lowest BCUT2D eigenvalue weighted by Crippen LogP contribution is -2.36. The number of carbonyl (C=O) groups excluding carboxylic acids is 1. The molecule has 0 unspecified atom stereocenters. The quantitative estimate of drug-likeness (QED) is 0.310. The maximum Gasteiger partial charge on any atom is 0.258 e. The molecule has 0 spiro atoms. The van der Waals surface area contributed by atoms with Crippen LogP contribution in [0.4, 0.5) is 15.9 Å². The largest absolute Gasteiger partial charge is 0.508 e. The van der Waals surface area contributed by atoms with Crippen LogP contribution >= 0.6 is 0 Å². The highest BCUT2D eigenvalue weighted by atomic mass is 19.1. The van der Waals surface area contributed by atoms with Crippen LogP contribution in [0, 0.1) is 5.82 Å². The number of aromatic hydroxyl groups is 1. The van der Waals surface area contributed by atoms with Gasteiger partial charge in [-0.1, -0.05) is 26.8 Å². The summed E-state index contributed by atoms with van der Waals surface area (Å²) in [5, 5.41) is 9.53. The molecule has 1 aliphatic rings. The van der Waals surface area contributed by atoms with Gasteiger partial charge in [0.15, 0.2) is 0 Å². The van der Waals surface area contributed by atoms with Gasteiger partial charge in [0.1, 0.15) is 17.4 Å². The number of hydrogen-bond donors (Lipinski definition) is 1. The maximum absolute atomic E-state index is 13.4. The Morgan fingerprint density at radius 2 is 1.57 bits per heavy atom. The van der Waals surface area contributed by atoms with E-state index in [4.69, 9.17) is 4.74 Å². The summed E-state index contributed by atoms with van der Waals surface area (Å²) in [7, 11) is 0.